The monoisotopic (exact) mass is 370 g/mol. The minimum Gasteiger partial charge on any atom is -0.340 e. The molecule has 26 heavy (non-hydrogen) atoms. The number of aromatic nitrogens is 4. The van der Waals surface area contributed by atoms with Crippen molar-refractivity contribution in [1.29, 1.82) is 0 Å². The summed E-state index contributed by atoms with van der Waals surface area (Å²) in [7, 11) is 3.84. The highest BCUT2D eigenvalue weighted by molar-refractivity contribution is 7.17. The number of likely N-dealkylation sites (N-methyl/N-ethyl adjacent to an activating group) is 1. The summed E-state index contributed by atoms with van der Waals surface area (Å²) in [6.45, 7) is 3.68. The van der Waals surface area contributed by atoms with Gasteiger partial charge in [0.15, 0.2) is 0 Å². The molecule has 0 N–H and O–H groups in total. The summed E-state index contributed by atoms with van der Waals surface area (Å²) in [5.74, 6) is 1.47. The smallest absolute Gasteiger partial charge is 0.272 e. The minimum absolute atomic E-state index is 0.0253. The number of piperidine rings is 1. The van der Waals surface area contributed by atoms with E-state index in [1.54, 1.807) is 11.6 Å². The van der Waals surface area contributed by atoms with Gasteiger partial charge in [-0.3, -0.25) is 9.36 Å². The average molecular weight is 370 g/mol. The zero-order valence-corrected chi connectivity index (χ0v) is 16.0. The number of aryl methyl sites for hydroxylation is 1. The van der Waals surface area contributed by atoms with Crippen LogP contribution in [0, 0.1) is 6.92 Å². The zero-order chi connectivity index (χ0) is 18.3. The maximum Gasteiger partial charge on any atom is 0.272 e. The second kappa shape index (κ2) is 6.68. The molecule has 3 aromatic heterocycles. The number of fused-ring (bicyclic) bond motifs is 1. The van der Waals surface area contributed by atoms with Gasteiger partial charge in [-0.05, 0) is 36.8 Å². The van der Waals surface area contributed by atoms with Crippen molar-refractivity contribution >= 4 is 33.5 Å². The molecule has 4 rings (SSSR count). The van der Waals surface area contributed by atoms with Gasteiger partial charge in [-0.15, -0.1) is 11.3 Å². The molecular formula is C18H22N6OS. The maximum atomic E-state index is 12.6. The molecule has 0 aromatic carbocycles. The van der Waals surface area contributed by atoms with E-state index in [1.807, 2.05) is 37.8 Å². The van der Waals surface area contributed by atoms with Crippen molar-refractivity contribution in [2.45, 2.75) is 25.8 Å². The van der Waals surface area contributed by atoms with E-state index in [4.69, 9.17) is 4.98 Å². The van der Waals surface area contributed by atoms with Gasteiger partial charge in [0, 0.05) is 45.6 Å². The van der Waals surface area contributed by atoms with Crippen LogP contribution < -0.4 is 15.4 Å². The van der Waals surface area contributed by atoms with E-state index < -0.39 is 0 Å². The molecule has 136 valence electrons. The standard InChI is InChI=1S/C18H22N6OS/c1-12-9-19-17(20-10-12)22(2)13-5-4-7-24(11-13)18-21-14-6-8-26-15(14)16(25)23(18)3/h6,8-10,13H,4-5,7,11H2,1-3H3. The molecule has 0 amide bonds. The molecule has 7 nitrogen and oxygen atoms in total. The van der Waals surface area contributed by atoms with E-state index in [-0.39, 0.29) is 11.6 Å². The molecule has 4 heterocycles. The van der Waals surface area contributed by atoms with Gasteiger partial charge in [-0.25, -0.2) is 15.0 Å². The number of anilines is 2. The van der Waals surface area contributed by atoms with Gasteiger partial charge in [0.2, 0.25) is 11.9 Å². The summed E-state index contributed by atoms with van der Waals surface area (Å²) < 4.78 is 2.39. The number of hydrogen-bond donors (Lipinski definition) is 0. The van der Waals surface area contributed by atoms with Gasteiger partial charge >= 0.3 is 0 Å². The van der Waals surface area contributed by atoms with Crippen molar-refractivity contribution in [3.05, 3.63) is 39.8 Å². The van der Waals surface area contributed by atoms with Crippen LogP contribution >= 0.6 is 11.3 Å². The maximum absolute atomic E-state index is 12.6. The first-order chi connectivity index (χ1) is 12.5. The third-order valence-electron chi connectivity index (χ3n) is 4.97. The Morgan fingerprint density at radius 2 is 2.08 bits per heavy atom. The fraction of sp³-hybridized carbons (Fsp3) is 0.444. The molecule has 0 radical (unpaired) electrons. The van der Waals surface area contributed by atoms with Gasteiger partial charge in [0.25, 0.3) is 5.56 Å². The van der Waals surface area contributed by atoms with Gasteiger partial charge in [-0.2, -0.15) is 0 Å². The summed E-state index contributed by atoms with van der Waals surface area (Å²) in [4.78, 5) is 30.6. The molecule has 8 heteroatoms. The van der Waals surface area contributed by atoms with Crippen LogP contribution in [-0.4, -0.2) is 45.7 Å². The molecule has 0 spiro atoms. The molecular weight excluding hydrogens is 348 g/mol. The van der Waals surface area contributed by atoms with Crippen LogP contribution in [0.15, 0.2) is 28.6 Å². The number of hydrogen-bond acceptors (Lipinski definition) is 7. The molecule has 1 aliphatic heterocycles. The van der Waals surface area contributed by atoms with Gasteiger partial charge in [-0.1, -0.05) is 0 Å². The Bertz CT molecular complexity index is 980. The Morgan fingerprint density at radius 3 is 2.85 bits per heavy atom. The number of thiophene rings is 1. The molecule has 1 unspecified atom stereocenters. The summed E-state index contributed by atoms with van der Waals surface area (Å²) in [6, 6.07) is 2.19. The van der Waals surface area contributed by atoms with Crippen LogP contribution in [-0.2, 0) is 7.05 Å². The predicted octanol–water partition coefficient (Wildman–Crippen LogP) is 2.20. The first kappa shape index (κ1) is 17.0. The third kappa shape index (κ3) is 2.94. The summed E-state index contributed by atoms with van der Waals surface area (Å²) in [5.41, 5.74) is 1.86. The molecule has 1 fully saturated rings. The Kier molecular flexibility index (Phi) is 4.36. The number of rotatable bonds is 3. The molecule has 0 saturated carbocycles. The lowest BCUT2D eigenvalue weighted by atomic mass is 10.1. The molecule has 1 aliphatic rings. The Morgan fingerprint density at radius 1 is 1.31 bits per heavy atom. The van der Waals surface area contributed by atoms with Crippen molar-refractivity contribution < 1.29 is 0 Å². The highest BCUT2D eigenvalue weighted by Gasteiger charge is 2.27. The van der Waals surface area contributed by atoms with Crippen molar-refractivity contribution in [2.75, 3.05) is 29.9 Å². The largest absolute Gasteiger partial charge is 0.340 e. The second-order valence-corrected chi connectivity index (χ2v) is 7.74. The zero-order valence-electron chi connectivity index (χ0n) is 15.2. The first-order valence-electron chi connectivity index (χ1n) is 8.75. The van der Waals surface area contributed by atoms with E-state index in [1.165, 1.54) is 11.3 Å². The first-order valence-corrected chi connectivity index (χ1v) is 9.63. The van der Waals surface area contributed by atoms with Crippen LogP contribution in [0.5, 0.6) is 0 Å². The molecule has 3 aromatic rings. The lowest BCUT2D eigenvalue weighted by Gasteiger charge is -2.38. The normalized spacial score (nSPS) is 17.7. The van der Waals surface area contributed by atoms with E-state index >= 15 is 0 Å². The van der Waals surface area contributed by atoms with Crippen molar-refractivity contribution in [3.63, 3.8) is 0 Å². The van der Waals surface area contributed by atoms with Gasteiger partial charge in [0.1, 0.15) is 4.70 Å². The average Bonchev–Trinajstić information content (AvgIpc) is 3.13. The van der Waals surface area contributed by atoms with Crippen molar-refractivity contribution in [1.82, 2.24) is 19.5 Å². The van der Waals surface area contributed by atoms with Crippen molar-refractivity contribution in [2.24, 2.45) is 7.05 Å². The van der Waals surface area contributed by atoms with Gasteiger partial charge < -0.3 is 9.80 Å². The fourth-order valence-electron chi connectivity index (χ4n) is 3.44. The topological polar surface area (TPSA) is 67.2 Å². The van der Waals surface area contributed by atoms with Crippen LogP contribution in [0.2, 0.25) is 0 Å². The van der Waals surface area contributed by atoms with Crippen molar-refractivity contribution in [3.8, 4) is 0 Å². The molecule has 1 saturated heterocycles. The van der Waals surface area contributed by atoms with E-state index in [0.717, 1.165) is 53.6 Å². The minimum atomic E-state index is 0.0253. The summed E-state index contributed by atoms with van der Waals surface area (Å²) >= 11 is 1.45. The molecule has 1 atom stereocenters. The highest BCUT2D eigenvalue weighted by Crippen LogP contribution is 2.24. The summed E-state index contributed by atoms with van der Waals surface area (Å²) in [6.07, 6.45) is 5.79. The van der Waals surface area contributed by atoms with E-state index in [9.17, 15) is 4.79 Å². The highest BCUT2D eigenvalue weighted by atomic mass is 32.1. The Hall–Kier alpha value is -2.48. The molecule has 0 aliphatic carbocycles. The Balaban J connectivity index is 1.62. The van der Waals surface area contributed by atoms with Crippen LogP contribution in [0.3, 0.4) is 0 Å². The van der Waals surface area contributed by atoms with E-state index in [2.05, 4.69) is 19.8 Å². The summed E-state index contributed by atoms with van der Waals surface area (Å²) in [5, 5.41) is 1.92. The predicted molar refractivity (Wildman–Crippen MR) is 105 cm³/mol. The van der Waals surface area contributed by atoms with Crippen LogP contribution in [0.1, 0.15) is 18.4 Å². The van der Waals surface area contributed by atoms with Crippen LogP contribution in [0.4, 0.5) is 11.9 Å². The van der Waals surface area contributed by atoms with Gasteiger partial charge in [0.05, 0.1) is 5.52 Å². The van der Waals surface area contributed by atoms with E-state index in [0.29, 0.717) is 0 Å². The quantitative estimate of drug-likeness (QED) is 0.704. The lowest BCUT2D eigenvalue weighted by Crippen LogP contribution is -2.48. The second-order valence-electron chi connectivity index (χ2n) is 6.82. The SMILES string of the molecule is Cc1cnc(N(C)C2CCCN(c3nc4ccsc4c(=O)n3C)C2)nc1. The lowest BCUT2D eigenvalue weighted by molar-refractivity contribution is 0.473. The Labute approximate surface area is 155 Å². The molecule has 0 bridgehead atoms. The van der Waals surface area contributed by atoms with Crippen LogP contribution in [0.25, 0.3) is 10.2 Å². The fourth-order valence-corrected chi connectivity index (χ4v) is 4.25. The third-order valence-corrected chi connectivity index (χ3v) is 5.87. The number of nitrogens with zero attached hydrogens (tertiary/aromatic N) is 6.